The average Bonchev–Trinajstić information content (AvgIpc) is 2.51. The molecule has 138 valence electrons. The maximum absolute atomic E-state index is 11.1. The van der Waals surface area contributed by atoms with Crippen molar-refractivity contribution in [2.75, 3.05) is 0 Å². The maximum Gasteiger partial charge on any atom is 0.220 e. The molecule has 0 fully saturated rings. The Kier molecular flexibility index (Phi) is 20.4. The summed E-state index contributed by atoms with van der Waals surface area (Å²) in [6, 6.07) is 0. The van der Waals surface area contributed by atoms with Crippen LogP contribution >= 0.6 is 0 Å². The highest BCUT2D eigenvalue weighted by atomic mass is 16.1. The summed E-state index contributed by atoms with van der Waals surface area (Å²) in [5.41, 5.74) is 5.35. The maximum atomic E-state index is 11.1. The first-order valence-corrected chi connectivity index (χ1v) is 9.66. The molecule has 0 spiro atoms. The highest BCUT2D eigenvalue weighted by Crippen LogP contribution is 2.14. The van der Waals surface area contributed by atoms with Crippen molar-refractivity contribution in [3.8, 4) is 0 Å². The monoisotopic (exact) mass is 326 g/mol. The van der Waals surface area contributed by atoms with Crippen molar-refractivity contribution in [3.63, 3.8) is 0 Å². The molecule has 0 aliphatic heterocycles. The van der Waals surface area contributed by atoms with Crippen LogP contribution in [-0.4, -0.2) is 5.91 Å². The third-order valence-electron chi connectivity index (χ3n) is 4.46. The molecule has 0 aromatic carbocycles. The lowest BCUT2D eigenvalue weighted by atomic mass is 9.97. The van der Waals surface area contributed by atoms with E-state index in [2.05, 4.69) is 19.1 Å². The van der Waals surface area contributed by atoms with Crippen LogP contribution in [0.2, 0.25) is 0 Å². The zero-order chi connectivity index (χ0) is 16.5. The molecule has 3 nitrogen and oxygen atoms in total. The summed E-state index contributed by atoms with van der Waals surface area (Å²) in [4.78, 5) is 11.1. The summed E-state index contributed by atoms with van der Waals surface area (Å²) in [7, 11) is 0. The lowest BCUT2D eigenvalue weighted by molar-refractivity contribution is -0.122. The van der Waals surface area contributed by atoms with Crippen LogP contribution in [0.5, 0.6) is 0 Å². The SMILES string of the molecule is CCCCCCCCC=CCCCCCCC(CC)C(N)=O.N. The molecule has 0 aromatic rings. The molecule has 0 rings (SSSR count). The van der Waals surface area contributed by atoms with Gasteiger partial charge in [-0.3, -0.25) is 4.79 Å². The number of rotatable bonds is 16. The van der Waals surface area contributed by atoms with E-state index in [1.165, 1.54) is 70.6 Å². The van der Waals surface area contributed by atoms with Crippen LogP contribution in [0, 0.1) is 5.92 Å². The van der Waals surface area contributed by atoms with Gasteiger partial charge < -0.3 is 11.9 Å². The minimum absolute atomic E-state index is 0. The quantitative estimate of drug-likeness (QED) is 0.257. The second-order valence-corrected chi connectivity index (χ2v) is 6.53. The van der Waals surface area contributed by atoms with Crippen LogP contribution in [0.4, 0.5) is 0 Å². The first kappa shape index (κ1) is 24.4. The molecule has 5 N–H and O–H groups in total. The smallest absolute Gasteiger partial charge is 0.220 e. The van der Waals surface area contributed by atoms with Crippen molar-refractivity contribution < 1.29 is 4.79 Å². The van der Waals surface area contributed by atoms with Crippen molar-refractivity contribution >= 4 is 5.91 Å². The van der Waals surface area contributed by atoms with E-state index in [0.717, 1.165) is 19.3 Å². The molecular formula is C20H42N2O. The summed E-state index contributed by atoms with van der Waals surface area (Å²) in [6.45, 7) is 4.31. The fraction of sp³-hybridized carbons (Fsp3) is 0.850. The molecule has 1 unspecified atom stereocenters. The van der Waals surface area contributed by atoms with E-state index in [9.17, 15) is 4.79 Å². The number of amides is 1. The normalized spacial score (nSPS) is 12.3. The molecule has 0 heterocycles. The van der Waals surface area contributed by atoms with Crippen LogP contribution < -0.4 is 11.9 Å². The molecule has 23 heavy (non-hydrogen) atoms. The largest absolute Gasteiger partial charge is 0.369 e. The molecule has 0 aromatic heterocycles. The number of hydrogen-bond donors (Lipinski definition) is 2. The van der Waals surface area contributed by atoms with E-state index in [4.69, 9.17) is 5.73 Å². The van der Waals surface area contributed by atoms with Gasteiger partial charge in [0.05, 0.1) is 0 Å². The predicted molar refractivity (Wildman–Crippen MR) is 103 cm³/mol. The minimum Gasteiger partial charge on any atom is -0.369 e. The van der Waals surface area contributed by atoms with E-state index >= 15 is 0 Å². The van der Waals surface area contributed by atoms with Crippen molar-refractivity contribution in [1.82, 2.24) is 6.15 Å². The lowest BCUT2D eigenvalue weighted by Gasteiger charge is -2.09. The molecule has 0 aliphatic carbocycles. The van der Waals surface area contributed by atoms with Gasteiger partial charge in [0, 0.05) is 5.92 Å². The first-order valence-electron chi connectivity index (χ1n) is 9.66. The fourth-order valence-corrected chi connectivity index (χ4v) is 2.83. The Hall–Kier alpha value is -0.830. The second-order valence-electron chi connectivity index (χ2n) is 6.53. The topological polar surface area (TPSA) is 78.1 Å². The highest BCUT2D eigenvalue weighted by molar-refractivity contribution is 5.76. The van der Waals surface area contributed by atoms with Gasteiger partial charge in [0.15, 0.2) is 0 Å². The summed E-state index contributed by atoms with van der Waals surface area (Å²) in [6.07, 6.45) is 22.3. The lowest BCUT2D eigenvalue weighted by Crippen LogP contribution is -2.22. The number of primary amides is 1. The van der Waals surface area contributed by atoms with E-state index in [-0.39, 0.29) is 18.0 Å². The number of nitrogens with two attached hydrogens (primary N) is 1. The molecule has 0 bridgehead atoms. The van der Waals surface area contributed by atoms with E-state index in [0.29, 0.717) is 0 Å². The van der Waals surface area contributed by atoms with Gasteiger partial charge in [-0.25, -0.2) is 0 Å². The molecule has 3 heteroatoms. The van der Waals surface area contributed by atoms with Crippen LogP contribution in [0.1, 0.15) is 104 Å². The number of unbranched alkanes of at least 4 members (excludes halogenated alkanes) is 10. The standard InChI is InChI=1S/C20H39NO.H3N/c1-3-5-6-7-8-9-10-11-12-13-14-15-16-17-18-19(4-2)20(21)22;/h11-12,19H,3-10,13-18H2,1-2H3,(H2,21,22);1H3. The average molecular weight is 327 g/mol. The zero-order valence-electron chi connectivity index (χ0n) is 15.8. The number of allylic oxidation sites excluding steroid dienone is 2. The Morgan fingerprint density at radius 3 is 1.78 bits per heavy atom. The predicted octanol–water partition coefficient (Wildman–Crippen LogP) is 6.31. The third-order valence-corrected chi connectivity index (χ3v) is 4.46. The minimum atomic E-state index is -0.125. The fourth-order valence-electron chi connectivity index (χ4n) is 2.83. The van der Waals surface area contributed by atoms with Crippen molar-refractivity contribution in [2.45, 2.75) is 104 Å². The Morgan fingerprint density at radius 1 is 0.826 bits per heavy atom. The zero-order valence-corrected chi connectivity index (χ0v) is 15.8. The van der Waals surface area contributed by atoms with Crippen LogP contribution in [0.15, 0.2) is 12.2 Å². The van der Waals surface area contributed by atoms with E-state index in [1.807, 2.05) is 6.92 Å². The van der Waals surface area contributed by atoms with Crippen LogP contribution in [0.3, 0.4) is 0 Å². The number of hydrogen-bond acceptors (Lipinski definition) is 2. The van der Waals surface area contributed by atoms with Gasteiger partial charge in [-0.1, -0.05) is 77.4 Å². The summed E-state index contributed by atoms with van der Waals surface area (Å²) < 4.78 is 0. The third kappa shape index (κ3) is 17.4. The summed E-state index contributed by atoms with van der Waals surface area (Å²) >= 11 is 0. The second kappa shape index (κ2) is 19.2. The van der Waals surface area contributed by atoms with Crippen molar-refractivity contribution in [1.29, 1.82) is 0 Å². The number of carbonyl (C=O) groups is 1. The van der Waals surface area contributed by atoms with Gasteiger partial charge in [0.1, 0.15) is 0 Å². The van der Waals surface area contributed by atoms with Crippen molar-refractivity contribution in [2.24, 2.45) is 11.7 Å². The Labute approximate surface area is 145 Å². The highest BCUT2D eigenvalue weighted by Gasteiger charge is 2.11. The molecule has 0 aliphatic rings. The molecule has 1 atom stereocenters. The molecule has 1 amide bonds. The van der Waals surface area contributed by atoms with Crippen molar-refractivity contribution in [3.05, 3.63) is 12.2 Å². The Balaban J connectivity index is 0. The van der Waals surface area contributed by atoms with Gasteiger partial charge >= 0.3 is 0 Å². The molecule has 0 radical (unpaired) electrons. The Morgan fingerprint density at radius 2 is 1.30 bits per heavy atom. The Bertz CT molecular complexity index is 277. The summed E-state index contributed by atoms with van der Waals surface area (Å²) in [5.74, 6) is -0.0302. The van der Waals surface area contributed by atoms with Gasteiger partial charge in [0.25, 0.3) is 0 Å². The van der Waals surface area contributed by atoms with Crippen LogP contribution in [-0.2, 0) is 4.79 Å². The first-order chi connectivity index (χ1) is 10.7. The molecule has 0 saturated carbocycles. The van der Waals surface area contributed by atoms with E-state index in [1.54, 1.807) is 0 Å². The van der Waals surface area contributed by atoms with Gasteiger partial charge in [-0.05, 0) is 38.5 Å². The van der Waals surface area contributed by atoms with Gasteiger partial charge in [-0.2, -0.15) is 0 Å². The number of carbonyl (C=O) groups excluding carboxylic acids is 1. The van der Waals surface area contributed by atoms with Gasteiger partial charge in [0.2, 0.25) is 5.91 Å². The van der Waals surface area contributed by atoms with E-state index < -0.39 is 0 Å². The summed E-state index contributed by atoms with van der Waals surface area (Å²) in [5, 5.41) is 0. The molecule has 0 saturated heterocycles. The van der Waals surface area contributed by atoms with Crippen LogP contribution in [0.25, 0.3) is 0 Å². The van der Waals surface area contributed by atoms with Gasteiger partial charge in [-0.15, -0.1) is 0 Å². The molecular weight excluding hydrogens is 284 g/mol.